The number of hydrogen-bond acceptors (Lipinski definition) is 3. The number of aromatic nitrogens is 1. The molecule has 1 heterocycles. The molecule has 14 heavy (non-hydrogen) atoms. The van der Waals surface area contributed by atoms with Crippen LogP contribution in [-0.2, 0) is 0 Å². The minimum absolute atomic E-state index is 0.0254. The molecule has 0 aliphatic heterocycles. The van der Waals surface area contributed by atoms with Gasteiger partial charge in [-0.3, -0.25) is 5.41 Å². The zero-order valence-electron chi connectivity index (χ0n) is 7.97. The third kappa shape index (κ3) is 2.70. The Hall–Kier alpha value is -1.10. The third-order valence-electron chi connectivity index (χ3n) is 1.69. The van der Waals surface area contributed by atoms with Gasteiger partial charge >= 0.3 is 0 Å². The highest BCUT2D eigenvalue weighted by Gasteiger charge is 2.06. The van der Waals surface area contributed by atoms with Gasteiger partial charge in [-0.25, -0.2) is 4.98 Å². The van der Waals surface area contributed by atoms with Crippen molar-refractivity contribution in [1.29, 1.82) is 5.41 Å². The molecule has 0 spiro atoms. The first kappa shape index (κ1) is 11.0. The molecule has 0 atom stereocenters. The van der Waals surface area contributed by atoms with Gasteiger partial charge in [0.15, 0.2) is 0 Å². The van der Waals surface area contributed by atoms with Crippen molar-refractivity contribution >= 4 is 27.6 Å². The second-order valence-corrected chi connectivity index (χ2v) is 3.81. The normalized spacial score (nSPS) is 9.86. The number of nitrogens with zero attached hydrogens (tertiary/aromatic N) is 1. The third-order valence-corrected chi connectivity index (χ3v) is 2.12. The van der Waals surface area contributed by atoms with Crippen LogP contribution < -0.4 is 11.1 Å². The molecule has 5 heteroatoms. The van der Waals surface area contributed by atoms with Crippen molar-refractivity contribution in [1.82, 2.24) is 4.98 Å². The molecule has 0 saturated carbocycles. The number of nitrogens with one attached hydrogen (secondary N) is 2. The largest absolute Gasteiger partial charge is 0.384 e. The van der Waals surface area contributed by atoms with Crippen LogP contribution in [-0.4, -0.2) is 17.4 Å². The fourth-order valence-electron chi connectivity index (χ4n) is 1.03. The molecule has 4 nitrogen and oxygen atoms in total. The molecule has 0 saturated heterocycles. The molecule has 0 amide bonds. The highest BCUT2D eigenvalue weighted by molar-refractivity contribution is 9.10. The molecule has 1 aromatic rings. The molecular weight excluding hydrogens is 244 g/mol. The van der Waals surface area contributed by atoms with Crippen LogP contribution in [0.5, 0.6) is 0 Å². The monoisotopic (exact) mass is 256 g/mol. The lowest BCUT2D eigenvalue weighted by Crippen LogP contribution is -2.16. The Bertz CT molecular complexity index is 338. The first-order valence-corrected chi connectivity index (χ1v) is 5.18. The van der Waals surface area contributed by atoms with Gasteiger partial charge in [0.25, 0.3) is 0 Å². The first-order chi connectivity index (χ1) is 6.65. The molecule has 1 aromatic heterocycles. The predicted molar refractivity (Wildman–Crippen MR) is 61.7 cm³/mol. The van der Waals surface area contributed by atoms with Crippen LogP contribution in [0.4, 0.5) is 5.82 Å². The summed E-state index contributed by atoms with van der Waals surface area (Å²) in [5.41, 5.74) is 6.07. The summed E-state index contributed by atoms with van der Waals surface area (Å²) < 4.78 is 0.824. The highest BCUT2D eigenvalue weighted by atomic mass is 79.9. The summed E-state index contributed by atoms with van der Waals surface area (Å²) >= 11 is 3.29. The van der Waals surface area contributed by atoms with E-state index in [1.165, 1.54) is 0 Å². The van der Waals surface area contributed by atoms with E-state index in [2.05, 4.69) is 33.2 Å². The lowest BCUT2D eigenvalue weighted by Gasteiger charge is -2.09. The number of nitrogens with two attached hydrogens (primary N) is 1. The Morgan fingerprint density at radius 3 is 3.00 bits per heavy atom. The topological polar surface area (TPSA) is 74.8 Å². The van der Waals surface area contributed by atoms with Crippen molar-refractivity contribution in [3.05, 3.63) is 22.3 Å². The number of pyridine rings is 1. The van der Waals surface area contributed by atoms with E-state index < -0.39 is 0 Å². The van der Waals surface area contributed by atoms with Crippen LogP contribution in [0, 0.1) is 5.41 Å². The number of halogens is 1. The van der Waals surface area contributed by atoms with Crippen molar-refractivity contribution in [2.45, 2.75) is 13.3 Å². The fraction of sp³-hybridized carbons (Fsp3) is 0.333. The van der Waals surface area contributed by atoms with Crippen LogP contribution in [0.2, 0.25) is 0 Å². The molecular formula is C9H13BrN4. The smallest absolute Gasteiger partial charge is 0.137 e. The second kappa shape index (κ2) is 4.95. The van der Waals surface area contributed by atoms with Gasteiger partial charge in [-0.05, 0) is 28.4 Å². The fourth-order valence-corrected chi connectivity index (χ4v) is 1.36. The summed E-state index contributed by atoms with van der Waals surface area (Å²) in [7, 11) is 0. The highest BCUT2D eigenvalue weighted by Crippen LogP contribution is 2.17. The van der Waals surface area contributed by atoms with E-state index in [9.17, 15) is 0 Å². The van der Waals surface area contributed by atoms with Crippen molar-refractivity contribution in [2.24, 2.45) is 5.73 Å². The maximum absolute atomic E-state index is 7.39. The van der Waals surface area contributed by atoms with Gasteiger partial charge in [0.1, 0.15) is 11.7 Å². The molecule has 0 aliphatic rings. The van der Waals surface area contributed by atoms with Gasteiger partial charge in [-0.2, -0.15) is 0 Å². The molecule has 0 aromatic carbocycles. The number of nitrogen functional groups attached to an aromatic ring is 1. The Morgan fingerprint density at radius 2 is 2.43 bits per heavy atom. The van der Waals surface area contributed by atoms with E-state index >= 15 is 0 Å². The molecule has 0 fully saturated rings. The summed E-state index contributed by atoms with van der Waals surface area (Å²) in [5.74, 6) is 0.694. The summed E-state index contributed by atoms with van der Waals surface area (Å²) in [6.45, 7) is 2.90. The van der Waals surface area contributed by atoms with Gasteiger partial charge in [-0.15, -0.1) is 0 Å². The number of rotatable bonds is 4. The van der Waals surface area contributed by atoms with E-state index in [0.717, 1.165) is 17.4 Å². The molecule has 0 unspecified atom stereocenters. The van der Waals surface area contributed by atoms with E-state index in [1.807, 2.05) is 0 Å². The average Bonchev–Trinajstić information content (AvgIpc) is 2.15. The van der Waals surface area contributed by atoms with E-state index in [4.69, 9.17) is 11.1 Å². The van der Waals surface area contributed by atoms with Crippen molar-refractivity contribution < 1.29 is 0 Å². The van der Waals surface area contributed by atoms with Gasteiger partial charge in [0.2, 0.25) is 0 Å². The molecule has 0 bridgehead atoms. The zero-order chi connectivity index (χ0) is 10.6. The maximum atomic E-state index is 7.39. The Kier molecular flexibility index (Phi) is 3.88. The standard InChI is InChI=1S/C9H13BrN4/c1-2-3-13-9-7(8(11)12)4-6(10)5-14-9/h4-5H,2-3H2,1H3,(H3,11,12)(H,13,14). The van der Waals surface area contributed by atoms with E-state index in [1.54, 1.807) is 12.3 Å². The van der Waals surface area contributed by atoms with Crippen LogP contribution in [0.3, 0.4) is 0 Å². The lowest BCUT2D eigenvalue weighted by molar-refractivity contribution is 0.967. The minimum atomic E-state index is 0.0254. The zero-order valence-corrected chi connectivity index (χ0v) is 9.56. The van der Waals surface area contributed by atoms with Gasteiger partial charge < -0.3 is 11.1 Å². The minimum Gasteiger partial charge on any atom is -0.384 e. The molecule has 76 valence electrons. The summed E-state index contributed by atoms with van der Waals surface area (Å²) in [6, 6.07) is 1.79. The second-order valence-electron chi connectivity index (χ2n) is 2.89. The average molecular weight is 257 g/mol. The summed E-state index contributed by atoms with van der Waals surface area (Å²) in [5, 5.41) is 10.5. The maximum Gasteiger partial charge on any atom is 0.137 e. The van der Waals surface area contributed by atoms with Crippen molar-refractivity contribution in [2.75, 3.05) is 11.9 Å². The van der Waals surface area contributed by atoms with Gasteiger partial charge in [0, 0.05) is 17.2 Å². The van der Waals surface area contributed by atoms with Gasteiger partial charge in [0.05, 0.1) is 5.56 Å². The quantitative estimate of drug-likeness (QED) is 0.570. The molecule has 1 rings (SSSR count). The van der Waals surface area contributed by atoms with Crippen LogP contribution in [0.25, 0.3) is 0 Å². The summed E-state index contributed by atoms with van der Waals surface area (Å²) in [4.78, 5) is 4.16. The Balaban J connectivity index is 2.96. The lowest BCUT2D eigenvalue weighted by atomic mass is 10.2. The molecule has 0 aliphatic carbocycles. The van der Waals surface area contributed by atoms with Crippen molar-refractivity contribution in [3.63, 3.8) is 0 Å². The van der Waals surface area contributed by atoms with Crippen LogP contribution in [0.1, 0.15) is 18.9 Å². The van der Waals surface area contributed by atoms with Crippen LogP contribution >= 0.6 is 15.9 Å². The predicted octanol–water partition coefficient (Wildman–Crippen LogP) is 1.95. The summed E-state index contributed by atoms with van der Waals surface area (Å²) in [6.07, 6.45) is 2.69. The van der Waals surface area contributed by atoms with Crippen molar-refractivity contribution in [3.8, 4) is 0 Å². The van der Waals surface area contributed by atoms with Crippen LogP contribution in [0.15, 0.2) is 16.7 Å². The SMILES string of the molecule is CCCNc1ncc(Br)cc1C(=N)N. The Labute approximate surface area is 91.6 Å². The number of amidine groups is 1. The Morgan fingerprint density at radius 1 is 1.71 bits per heavy atom. The number of anilines is 1. The molecule has 4 N–H and O–H groups in total. The van der Waals surface area contributed by atoms with E-state index in [0.29, 0.717) is 11.4 Å². The van der Waals surface area contributed by atoms with Gasteiger partial charge in [-0.1, -0.05) is 6.92 Å². The number of hydrogen-bond donors (Lipinski definition) is 3. The first-order valence-electron chi connectivity index (χ1n) is 4.39. The van der Waals surface area contributed by atoms with E-state index in [-0.39, 0.29) is 5.84 Å². The molecule has 0 radical (unpaired) electrons.